The smallest absolute Gasteiger partial charge is 0.249 e. The van der Waals surface area contributed by atoms with E-state index >= 15 is 0 Å². The summed E-state index contributed by atoms with van der Waals surface area (Å²) in [5.41, 5.74) is 29.9. The number of hydrogen-bond donors (Lipinski definition) is 0. The quantitative estimate of drug-likeness (QED) is 0.162. The van der Waals surface area contributed by atoms with Gasteiger partial charge in [0.05, 0.1) is 0 Å². The maximum Gasteiger partial charge on any atom is 0.249 e. The summed E-state index contributed by atoms with van der Waals surface area (Å²) in [7, 11) is 0. The molecule has 0 amide bonds. The number of aromatic nitrogens is 1. The van der Waals surface area contributed by atoms with E-state index in [1.54, 1.807) is 0 Å². The van der Waals surface area contributed by atoms with Crippen molar-refractivity contribution in [3.8, 4) is 5.69 Å². The third-order valence-corrected chi connectivity index (χ3v) is 19.2. The fraction of sp³-hybridized carbons (Fsp3) is 0.425. The summed E-state index contributed by atoms with van der Waals surface area (Å²) in [5, 5.41) is 2.78. The van der Waals surface area contributed by atoms with Gasteiger partial charge in [-0.05, 0) is 180 Å². The summed E-state index contributed by atoms with van der Waals surface area (Å²) < 4.78 is 2.80. The SMILES string of the molecule is Cc1ccc2c(c1)Sc1c3c4c(c(C)c1C(C)(C)C)B(c1ccc(N(c5cc(C(C)(C)C)cc(C(C)(C)C)c5)c5cc(C(C)(C)C)cc(C(C)(C)C)c5)cc1C)c1cc(C(C)(C)C)cc5c6cc(C(C)(C)C)cc(c6n-4c15)B23. The normalized spacial score (nSPS) is 14.6. The van der Waals surface area contributed by atoms with Crippen molar-refractivity contribution in [1.82, 2.24) is 4.57 Å². The molecule has 7 aromatic carbocycles. The molecule has 1 aromatic heterocycles. The van der Waals surface area contributed by atoms with Crippen molar-refractivity contribution in [1.29, 1.82) is 0 Å². The van der Waals surface area contributed by atoms with Gasteiger partial charge in [0.2, 0.25) is 13.4 Å². The van der Waals surface area contributed by atoms with Gasteiger partial charge in [-0.25, -0.2) is 0 Å². The van der Waals surface area contributed by atoms with E-state index in [1.165, 1.54) is 143 Å². The summed E-state index contributed by atoms with van der Waals surface area (Å²) in [5.74, 6) is 0. The van der Waals surface area contributed by atoms with E-state index < -0.39 is 0 Å². The zero-order valence-electron chi connectivity index (χ0n) is 52.2. The first-order chi connectivity index (χ1) is 35.8. The van der Waals surface area contributed by atoms with Crippen LogP contribution in [0.1, 0.15) is 201 Å². The molecule has 3 aliphatic rings. The highest BCUT2D eigenvalue weighted by molar-refractivity contribution is 8.00. The second kappa shape index (κ2) is 17.3. The lowest BCUT2D eigenvalue weighted by atomic mass is 9.30. The van der Waals surface area contributed by atoms with E-state index in [0.717, 1.165) is 0 Å². The van der Waals surface area contributed by atoms with Crippen LogP contribution in [0.2, 0.25) is 0 Å². The van der Waals surface area contributed by atoms with Gasteiger partial charge in [0.1, 0.15) is 0 Å². The highest BCUT2D eigenvalue weighted by atomic mass is 32.2. The van der Waals surface area contributed by atoms with Crippen molar-refractivity contribution in [3.05, 3.63) is 153 Å². The van der Waals surface area contributed by atoms with Crippen LogP contribution in [0, 0.1) is 20.8 Å². The van der Waals surface area contributed by atoms with Gasteiger partial charge in [-0.3, -0.25) is 0 Å². The van der Waals surface area contributed by atoms with Crippen LogP contribution in [-0.2, 0) is 37.9 Å². The minimum Gasteiger partial charge on any atom is -0.311 e. The Morgan fingerprint density at radius 2 is 0.795 bits per heavy atom. The maximum absolute atomic E-state index is 2.80. The molecule has 402 valence electrons. The van der Waals surface area contributed by atoms with E-state index in [1.807, 2.05) is 11.8 Å². The van der Waals surface area contributed by atoms with Crippen molar-refractivity contribution < 1.29 is 0 Å². The Bertz CT molecular complexity index is 3710. The standard InChI is InChI=1S/C73H88B2N2S/c1-41-25-27-56-59(29-41)78-66-60(73(22,23)24)43(3)61-65-62(66)75(56)58-40-49(72(19,20)21)38-54-53-37-48(71(16,17)18)39-57(63(53)77(65)64(54)58)74(61)55-28-26-50(30-42(55)2)76(51-33-44(67(4,5)6)31-45(34-51)68(7,8)9)52-35-46(69(10,11)12)32-47(36-52)70(13,14)15/h25-40H,1-24H3. The van der Waals surface area contributed by atoms with Gasteiger partial charge in [-0.1, -0.05) is 222 Å². The topological polar surface area (TPSA) is 8.17 Å². The van der Waals surface area contributed by atoms with Gasteiger partial charge in [0.15, 0.2) is 0 Å². The van der Waals surface area contributed by atoms with Crippen LogP contribution in [0.5, 0.6) is 0 Å². The van der Waals surface area contributed by atoms with Crippen LogP contribution < -0.4 is 37.7 Å². The molecule has 8 aromatic rings. The molecular formula is C73H88B2N2S. The third-order valence-electron chi connectivity index (χ3n) is 18.0. The molecule has 0 saturated heterocycles. The van der Waals surface area contributed by atoms with Gasteiger partial charge in [0, 0.05) is 54.3 Å². The Morgan fingerprint density at radius 3 is 1.21 bits per heavy atom. The van der Waals surface area contributed by atoms with Crippen LogP contribution >= 0.6 is 11.8 Å². The van der Waals surface area contributed by atoms with Gasteiger partial charge < -0.3 is 9.47 Å². The molecule has 0 unspecified atom stereocenters. The minimum absolute atomic E-state index is 0.00219. The van der Waals surface area contributed by atoms with Crippen molar-refractivity contribution >= 4 is 96.8 Å². The third kappa shape index (κ3) is 8.68. The van der Waals surface area contributed by atoms with Crippen molar-refractivity contribution in [2.75, 3.05) is 4.90 Å². The molecule has 5 heteroatoms. The van der Waals surface area contributed by atoms with E-state index in [0.29, 0.717) is 0 Å². The average molecular weight is 1050 g/mol. The van der Waals surface area contributed by atoms with Gasteiger partial charge in [-0.2, -0.15) is 0 Å². The van der Waals surface area contributed by atoms with Crippen LogP contribution in [0.3, 0.4) is 0 Å². The number of anilines is 3. The number of nitrogens with zero attached hydrogens (tertiary/aromatic N) is 2. The predicted octanol–water partition coefficient (Wildman–Crippen LogP) is 16.4. The molecule has 0 aliphatic carbocycles. The number of aryl methyl sites for hydroxylation is 2. The summed E-state index contributed by atoms with van der Waals surface area (Å²) in [6.45, 7) is 57.4. The molecule has 3 aliphatic heterocycles. The zero-order chi connectivity index (χ0) is 56.8. The second-order valence-corrected chi connectivity index (χ2v) is 32.5. The highest BCUT2D eigenvalue weighted by Gasteiger charge is 2.49. The first-order valence-corrected chi connectivity index (χ1v) is 30.0. The lowest BCUT2D eigenvalue weighted by Gasteiger charge is -2.43. The van der Waals surface area contributed by atoms with Gasteiger partial charge in [-0.15, -0.1) is 0 Å². The molecule has 78 heavy (non-hydrogen) atoms. The average Bonchev–Trinajstić information content (AvgIpc) is 3.44. The maximum atomic E-state index is 2.80. The van der Waals surface area contributed by atoms with Gasteiger partial charge >= 0.3 is 0 Å². The summed E-state index contributed by atoms with van der Waals surface area (Å²) in [6, 6.07) is 40.2. The zero-order valence-corrected chi connectivity index (χ0v) is 53.0. The van der Waals surface area contributed by atoms with Crippen molar-refractivity contribution in [2.45, 2.75) is 214 Å². The van der Waals surface area contributed by atoms with E-state index in [2.05, 4.69) is 273 Å². The number of rotatable bonds is 4. The van der Waals surface area contributed by atoms with Crippen molar-refractivity contribution in [3.63, 3.8) is 0 Å². The molecule has 0 radical (unpaired) electrons. The van der Waals surface area contributed by atoms with Crippen LogP contribution in [0.4, 0.5) is 17.1 Å². The monoisotopic (exact) mass is 1050 g/mol. The summed E-state index contributed by atoms with van der Waals surface area (Å²) in [6.07, 6.45) is 0. The van der Waals surface area contributed by atoms with Gasteiger partial charge in [0.25, 0.3) is 0 Å². The molecule has 0 spiro atoms. The van der Waals surface area contributed by atoms with Crippen LogP contribution in [-0.4, -0.2) is 18.0 Å². The molecule has 11 rings (SSSR count). The molecule has 0 bridgehead atoms. The van der Waals surface area contributed by atoms with E-state index in [-0.39, 0.29) is 51.3 Å². The number of benzene rings is 7. The summed E-state index contributed by atoms with van der Waals surface area (Å²) >= 11 is 2.04. The fourth-order valence-electron chi connectivity index (χ4n) is 13.4. The Balaban J connectivity index is 1.27. The Hall–Kier alpha value is -5.38. The molecule has 4 heterocycles. The van der Waals surface area contributed by atoms with E-state index in [9.17, 15) is 0 Å². The largest absolute Gasteiger partial charge is 0.311 e. The first-order valence-electron chi connectivity index (χ1n) is 29.2. The lowest BCUT2D eigenvalue weighted by Crippen LogP contribution is -2.66. The fourth-order valence-corrected chi connectivity index (χ4v) is 15.1. The van der Waals surface area contributed by atoms with Crippen molar-refractivity contribution in [2.24, 2.45) is 0 Å². The Kier molecular flexibility index (Phi) is 12.1. The second-order valence-electron chi connectivity index (χ2n) is 31.4. The highest BCUT2D eigenvalue weighted by Crippen LogP contribution is 2.48. The van der Waals surface area contributed by atoms with Crippen LogP contribution in [0.15, 0.2) is 107 Å². The Labute approximate surface area is 475 Å². The first kappa shape index (κ1) is 54.6. The molecule has 0 atom stereocenters. The molecule has 0 fully saturated rings. The predicted molar refractivity (Wildman–Crippen MR) is 347 cm³/mol. The molecule has 2 nitrogen and oxygen atoms in total. The minimum atomic E-state index is -0.114. The summed E-state index contributed by atoms with van der Waals surface area (Å²) in [4.78, 5) is 5.48. The number of hydrogen-bond acceptors (Lipinski definition) is 2. The number of fused-ring (bicyclic) bond motifs is 4. The van der Waals surface area contributed by atoms with E-state index in [4.69, 9.17) is 0 Å². The molecular weight excluding hydrogens is 959 g/mol. The van der Waals surface area contributed by atoms with Crippen LogP contribution in [0.25, 0.3) is 27.5 Å². The Morgan fingerprint density at radius 1 is 0.385 bits per heavy atom. The molecule has 0 N–H and O–H groups in total. The lowest BCUT2D eigenvalue weighted by molar-refractivity contribution is 0.568. The molecule has 0 saturated carbocycles.